The molecule has 0 aliphatic rings. The van der Waals surface area contributed by atoms with Crippen LogP contribution in [0, 0.1) is 0 Å². The number of nitrogens with two attached hydrogens (primary N) is 1. The van der Waals surface area contributed by atoms with E-state index < -0.39 is 59.8 Å². The molecule has 0 fully saturated rings. The van der Waals surface area contributed by atoms with Crippen molar-refractivity contribution >= 4 is 40.5 Å². The number of carboxylic acid groups (broad SMARTS) is 1. The second kappa shape index (κ2) is 12.0. The van der Waals surface area contributed by atoms with Gasteiger partial charge in [0, 0.05) is 23.5 Å². The Bertz CT molecular complexity index is 1100. The van der Waals surface area contributed by atoms with Crippen LogP contribution in [0.15, 0.2) is 30.5 Å². The van der Waals surface area contributed by atoms with Crippen molar-refractivity contribution in [3.63, 3.8) is 0 Å². The first-order valence-electron chi connectivity index (χ1n) is 11.2. The van der Waals surface area contributed by atoms with Gasteiger partial charge in [0.2, 0.25) is 23.6 Å². The van der Waals surface area contributed by atoms with Crippen LogP contribution in [0.3, 0.4) is 0 Å². The number of aromatic amines is 1. The molecule has 0 radical (unpaired) electrons. The van der Waals surface area contributed by atoms with Crippen molar-refractivity contribution in [1.29, 1.82) is 0 Å². The standard InChI is InChI=1S/C23H32N6O6/c1-11(24)19(30)26-13(3)21(32)29-18(9-15-10-25-17-8-6-5-7-16(15)17)22(33)27-12(2)20(31)28-14(4)23(34)35/h5-8,10-14,18,25H,9,24H2,1-4H3,(H,26,30)(H,27,33)(H,28,31)(H,29,32)(H,34,35)/t11-,12-,13-,14-,18-/m0/s1. The molecule has 0 unspecified atom stereocenters. The van der Waals surface area contributed by atoms with Gasteiger partial charge < -0.3 is 37.1 Å². The summed E-state index contributed by atoms with van der Waals surface area (Å²) in [6.07, 6.45) is 1.82. The summed E-state index contributed by atoms with van der Waals surface area (Å²) < 4.78 is 0. The summed E-state index contributed by atoms with van der Waals surface area (Å²) in [6.45, 7) is 5.63. The molecule has 12 heteroatoms. The Kier molecular flexibility index (Phi) is 9.34. The van der Waals surface area contributed by atoms with E-state index in [1.165, 1.54) is 27.7 Å². The number of H-pyrrole nitrogens is 1. The fourth-order valence-electron chi connectivity index (χ4n) is 3.22. The molecule has 5 atom stereocenters. The number of amides is 4. The fraction of sp³-hybridized carbons (Fsp3) is 0.435. The Hall–Kier alpha value is -3.93. The van der Waals surface area contributed by atoms with Gasteiger partial charge in [0.1, 0.15) is 24.2 Å². The monoisotopic (exact) mass is 488 g/mol. The van der Waals surface area contributed by atoms with Crippen molar-refractivity contribution in [2.75, 3.05) is 0 Å². The third-order valence-electron chi connectivity index (χ3n) is 5.38. The van der Waals surface area contributed by atoms with Crippen molar-refractivity contribution < 1.29 is 29.1 Å². The van der Waals surface area contributed by atoms with E-state index in [9.17, 15) is 24.0 Å². The van der Waals surface area contributed by atoms with E-state index in [0.29, 0.717) is 0 Å². The zero-order valence-electron chi connectivity index (χ0n) is 20.0. The topological polar surface area (TPSA) is 196 Å². The van der Waals surface area contributed by atoms with Gasteiger partial charge in [0.05, 0.1) is 6.04 Å². The van der Waals surface area contributed by atoms with E-state index >= 15 is 0 Å². The number of carboxylic acids is 1. The van der Waals surface area contributed by atoms with Gasteiger partial charge in [-0.2, -0.15) is 0 Å². The van der Waals surface area contributed by atoms with E-state index in [2.05, 4.69) is 26.3 Å². The predicted octanol–water partition coefficient (Wildman–Crippen LogP) is -0.859. The van der Waals surface area contributed by atoms with Crippen LogP contribution in [0.4, 0.5) is 0 Å². The third-order valence-corrected chi connectivity index (χ3v) is 5.38. The minimum absolute atomic E-state index is 0.0927. The van der Waals surface area contributed by atoms with E-state index in [1.807, 2.05) is 24.3 Å². The molecule has 35 heavy (non-hydrogen) atoms. The summed E-state index contributed by atoms with van der Waals surface area (Å²) in [5.74, 6) is -3.70. The summed E-state index contributed by atoms with van der Waals surface area (Å²) in [5.41, 5.74) is 7.13. The van der Waals surface area contributed by atoms with Crippen LogP contribution in [-0.2, 0) is 30.4 Å². The Labute approximate surface area is 202 Å². The lowest BCUT2D eigenvalue weighted by Crippen LogP contribution is -2.57. The van der Waals surface area contributed by atoms with E-state index in [4.69, 9.17) is 10.8 Å². The maximum Gasteiger partial charge on any atom is 0.325 e. The number of carbonyl (C=O) groups is 5. The van der Waals surface area contributed by atoms with Gasteiger partial charge in [0.25, 0.3) is 0 Å². The van der Waals surface area contributed by atoms with Crippen molar-refractivity contribution in [1.82, 2.24) is 26.3 Å². The van der Waals surface area contributed by atoms with Gasteiger partial charge in [-0.25, -0.2) is 0 Å². The van der Waals surface area contributed by atoms with Crippen molar-refractivity contribution in [2.45, 2.75) is 64.3 Å². The highest BCUT2D eigenvalue weighted by molar-refractivity contribution is 5.95. The zero-order chi connectivity index (χ0) is 26.3. The summed E-state index contributed by atoms with van der Waals surface area (Å²) in [7, 11) is 0. The molecular formula is C23H32N6O6. The van der Waals surface area contributed by atoms with Gasteiger partial charge >= 0.3 is 5.97 Å². The quantitative estimate of drug-likeness (QED) is 0.214. The van der Waals surface area contributed by atoms with Crippen LogP contribution in [-0.4, -0.2) is 69.9 Å². The van der Waals surface area contributed by atoms with Crippen LogP contribution in [0.5, 0.6) is 0 Å². The second-order valence-electron chi connectivity index (χ2n) is 8.44. The van der Waals surface area contributed by atoms with Gasteiger partial charge in [-0.3, -0.25) is 24.0 Å². The largest absolute Gasteiger partial charge is 0.480 e. The molecule has 2 rings (SSSR count). The first kappa shape index (κ1) is 27.3. The van der Waals surface area contributed by atoms with Gasteiger partial charge in [0.15, 0.2) is 0 Å². The Morgan fingerprint density at radius 1 is 0.829 bits per heavy atom. The van der Waals surface area contributed by atoms with Crippen molar-refractivity contribution in [3.05, 3.63) is 36.0 Å². The number of nitrogens with one attached hydrogen (secondary N) is 5. The molecule has 190 valence electrons. The van der Waals surface area contributed by atoms with Crippen LogP contribution in [0.2, 0.25) is 0 Å². The SMILES string of the molecule is C[C@H](N)C(=O)N[C@@H](C)C(=O)N[C@@H](Cc1c[nH]c2ccccc12)C(=O)N[C@@H](C)C(=O)N[C@@H](C)C(=O)O. The molecule has 1 aromatic heterocycles. The van der Waals surface area contributed by atoms with Crippen molar-refractivity contribution in [2.24, 2.45) is 5.73 Å². The molecule has 8 N–H and O–H groups in total. The molecule has 2 aromatic rings. The minimum Gasteiger partial charge on any atom is -0.480 e. The maximum absolute atomic E-state index is 13.1. The lowest BCUT2D eigenvalue weighted by Gasteiger charge is -2.23. The van der Waals surface area contributed by atoms with E-state index in [-0.39, 0.29) is 6.42 Å². The van der Waals surface area contributed by atoms with Crippen LogP contribution in [0.1, 0.15) is 33.3 Å². The number of benzene rings is 1. The number of rotatable bonds is 11. The number of para-hydroxylation sites is 1. The Balaban J connectivity index is 2.19. The number of hydrogen-bond acceptors (Lipinski definition) is 6. The molecule has 4 amide bonds. The average Bonchev–Trinajstić information content (AvgIpc) is 3.20. The van der Waals surface area contributed by atoms with Gasteiger partial charge in [-0.1, -0.05) is 18.2 Å². The first-order valence-corrected chi connectivity index (χ1v) is 11.2. The summed E-state index contributed by atoms with van der Waals surface area (Å²) in [4.78, 5) is 64.1. The second-order valence-corrected chi connectivity index (χ2v) is 8.44. The Morgan fingerprint density at radius 2 is 1.37 bits per heavy atom. The highest BCUT2D eigenvalue weighted by Gasteiger charge is 2.28. The molecule has 0 saturated heterocycles. The molecule has 0 aliphatic heterocycles. The number of aromatic nitrogens is 1. The predicted molar refractivity (Wildman–Crippen MR) is 128 cm³/mol. The lowest BCUT2D eigenvalue weighted by molar-refractivity contribution is -0.141. The highest BCUT2D eigenvalue weighted by Crippen LogP contribution is 2.19. The number of fused-ring (bicyclic) bond motifs is 1. The summed E-state index contributed by atoms with van der Waals surface area (Å²) in [6, 6.07) is 2.35. The van der Waals surface area contributed by atoms with Crippen LogP contribution >= 0.6 is 0 Å². The van der Waals surface area contributed by atoms with Crippen LogP contribution < -0.4 is 27.0 Å². The molecule has 1 heterocycles. The number of aliphatic carboxylic acids is 1. The molecule has 0 saturated carbocycles. The molecule has 0 spiro atoms. The van der Waals surface area contributed by atoms with Crippen molar-refractivity contribution in [3.8, 4) is 0 Å². The van der Waals surface area contributed by atoms with Crippen LogP contribution in [0.25, 0.3) is 10.9 Å². The van der Waals surface area contributed by atoms with Gasteiger partial charge in [-0.05, 0) is 39.3 Å². The first-order chi connectivity index (χ1) is 16.4. The molecular weight excluding hydrogens is 456 g/mol. The Morgan fingerprint density at radius 3 is 1.97 bits per heavy atom. The molecule has 0 aliphatic carbocycles. The highest BCUT2D eigenvalue weighted by atomic mass is 16.4. The normalized spacial score (nSPS) is 15.2. The third kappa shape index (κ3) is 7.54. The average molecular weight is 489 g/mol. The smallest absolute Gasteiger partial charge is 0.325 e. The number of carbonyl (C=O) groups excluding carboxylic acids is 4. The fourth-order valence-corrected chi connectivity index (χ4v) is 3.22. The molecule has 0 bridgehead atoms. The zero-order valence-corrected chi connectivity index (χ0v) is 20.0. The maximum atomic E-state index is 13.1. The van der Waals surface area contributed by atoms with E-state index in [0.717, 1.165) is 16.5 Å². The van der Waals surface area contributed by atoms with Gasteiger partial charge in [-0.15, -0.1) is 0 Å². The molecule has 1 aromatic carbocycles. The van der Waals surface area contributed by atoms with E-state index in [1.54, 1.807) is 6.20 Å². The lowest BCUT2D eigenvalue weighted by atomic mass is 10.0. The molecule has 12 nitrogen and oxygen atoms in total. The summed E-state index contributed by atoms with van der Waals surface area (Å²) in [5, 5.41) is 19.7. The number of hydrogen-bond donors (Lipinski definition) is 7. The minimum atomic E-state index is -1.22. The summed E-state index contributed by atoms with van der Waals surface area (Å²) >= 11 is 0.